The summed E-state index contributed by atoms with van der Waals surface area (Å²) in [6, 6.07) is 0.974. The molecule has 0 bridgehead atoms. The highest BCUT2D eigenvalue weighted by Gasteiger charge is 2.21. The fraction of sp³-hybridized carbons (Fsp3) is 0.923. The number of nitrogens with zero attached hydrogens (tertiary/aromatic N) is 1. The quantitative estimate of drug-likeness (QED) is 0.721. The highest BCUT2D eigenvalue weighted by Crippen LogP contribution is 2.10. The van der Waals surface area contributed by atoms with E-state index < -0.39 is 0 Å². The molecule has 2 atom stereocenters. The zero-order valence-electron chi connectivity index (χ0n) is 11.0. The summed E-state index contributed by atoms with van der Waals surface area (Å²) in [7, 11) is 0. The van der Waals surface area contributed by atoms with Crippen LogP contribution >= 0.6 is 0 Å². The lowest BCUT2D eigenvalue weighted by Crippen LogP contribution is -2.43. The molecule has 0 aromatic heterocycles. The van der Waals surface area contributed by atoms with Gasteiger partial charge in [-0.15, -0.1) is 0 Å². The Balaban J connectivity index is 2.19. The molecule has 2 unspecified atom stereocenters. The van der Waals surface area contributed by atoms with E-state index in [1.54, 1.807) is 0 Å². The van der Waals surface area contributed by atoms with E-state index in [0.717, 1.165) is 25.9 Å². The van der Waals surface area contributed by atoms with E-state index in [1.807, 2.05) is 4.90 Å². The van der Waals surface area contributed by atoms with E-state index >= 15 is 0 Å². The van der Waals surface area contributed by atoms with E-state index in [2.05, 4.69) is 26.1 Å². The van der Waals surface area contributed by atoms with Crippen LogP contribution in [0.4, 0.5) is 0 Å². The van der Waals surface area contributed by atoms with Crippen LogP contribution in [0, 0.1) is 0 Å². The number of nitrogens with one attached hydrogen (secondary N) is 1. The second-order valence-electron chi connectivity index (χ2n) is 5.05. The Morgan fingerprint density at radius 1 is 1.38 bits per heavy atom. The molecule has 1 aliphatic rings. The lowest BCUT2D eigenvalue weighted by molar-refractivity contribution is -0.127. The second-order valence-corrected chi connectivity index (χ2v) is 5.05. The maximum absolute atomic E-state index is 11.5. The Hall–Kier alpha value is -0.570. The Bertz CT molecular complexity index is 218. The van der Waals surface area contributed by atoms with Gasteiger partial charge in [0.2, 0.25) is 5.91 Å². The predicted octanol–water partition coefficient (Wildman–Crippen LogP) is 2.17. The predicted molar refractivity (Wildman–Crippen MR) is 67.4 cm³/mol. The molecule has 1 N–H and O–H groups in total. The van der Waals surface area contributed by atoms with E-state index in [1.165, 1.54) is 19.3 Å². The molecule has 0 radical (unpaired) electrons. The van der Waals surface area contributed by atoms with Gasteiger partial charge in [0.05, 0.1) is 0 Å². The van der Waals surface area contributed by atoms with Gasteiger partial charge in [-0.2, -0.15) is 0 Å². The van der Waals surface area contributed by atoms with Crippen molar-refractivity contribution in [2.75, 3.05) is 13.1 Å². The summed E-state index contributed by atoms with van der Waals surface area (Å²) >= 11 is 0. The first kappa shape index (κ1) is 13.5. The molecular formula is C13H26N2O. The van der Waals surface area contributed by atoms with Gasteiger partial charge in [0.15, 0.2) is 0 Å². The fourth-order valence-corrected chi connectivity index (χ4v) is 2.36. The number of carbonyl (C=O) groups excluding carboxylic acids is 1. The highest BCUT2D eigenvalue weighted by molar-refractivity contribution is 5.78. The molecule has 1 saturated heterocycles. The number of rotatable bonds is 7. The molecule has 0 aromatic rings. The third-order valence-electron chi connectivity index (χ3n) is 3.23. The van der Waals surface area contributed by atoms with Gasteiger partial charge in [-0.05, 0) is 26.7 Å². The molecular weight excluding hydrogens is 200 g/mol. The molecule has 0 spiro atoms. The van der Waals surface area contributed by atoms with Crippen molar-refractivity contribution < 1.29 is 4.79 Å². The average Bonchev–Trinajstić information content (AvgIpc) is 2.61. The Morgan fingerprint density at radius 2 is 2.12 bits per heavy atom. The SMILES string of the molecule is CCCCC(C)NC(C)CN1CCCC1=O. The molecule has 0 saturated carbocycles. The summed E-state index contributed by atoms with van der Waals surface area (Å²) in [6.07, 6.45) is 5.55. The largest absolute Gasteiger partial charge is 0.341 e. The zero-order valence-corrected chi connectivity index (χ0v) is 11.0. The van der Waals surface area contributed by atoms with Crippen molar-refractivity contribution in [2.45, 2.75) is 65.0 Å². The van der Waals surface area contributed by atoms with Crippen molar-refractivity contribution in [1.29, 1.82) is 0 Å². The Kier molecular flexibility index (Phi) is 5.81. The lowest BCUT2D eigenvalue weighted by atomic mass is 10.1. The number of amides is 1. The van der Waals surface area contributed by atoms with Crippen LogP contribution in [0.25, 0.3) is 0 Å². The van der Waals surface area contributed by atoms with E-state index in [-0.39, 0.29) is 0 Å². The molecule has 3 heteroatoms. The van der Waals surface area contributed by atoms with Crippen LogP contribution < -0.4 is 5.32 Å². The van der Waals surface area contributed by atoms with Crippen LogP contribution in [-0.4, -0.2) is 36.0 Å². The molecule has 1 amide bonds. The first-order chi connectivity index (χ1) is 7.63. The molecule has 16 heavy (non-hydrogen) atoms. The number of carbonyl (C=O) groups is 1. The molecule has 1 heterocycles. The first-order valence-corrected chi connectivity index (χ1v) is 6.67. The summed E-state index contributed by atoms with van der Waals surface area (Å²) in [5, 5.41) is 3.57. The van der Waals surface area contributed by atoms with Crippen LogP contribution in [0.15, 0.2) is 0 Å². The summed E-state index contributed by atoms with van der Waals surface area (Å²) < 4.78 is 0. The Morgan fingerprint density at radius 3 is 2.69 bits per heavy atom. The summed E-state index contributed by atoms with van der Waals surface area (Å²) in [4.78, 5) is 13.5. The van der Waals surface area contributed by atoms with Crippen LogP contribution in [0.1, 0.15) is 52.9 Å². The van der Waals surface area contributed by atoms with Gasteiger partial charge in [-0.25, -0.2) is 0 Å². The molecule has 3 nitrogen and oxygen atoms in total. The monoisotopic (exact) mass is 226 g/mol. The first-order valence-electron chi connectivity index (χ1n) is 6.67. The smallest absolute Gasteiger partial charge is 0.222 e. The van der Waals surface area contributed by atoms with Gasteiger partial charge in [0, 0.05) is 31.6 Å². The lowest BCUT2D eigenvalue weighted by Gasteiger charge is -2.24. The summed E-state index contributed by atoms with van der Waals surface area (Å²) in [6.45, 7) is 8.45. The molecule has 0 aliphatic carbocycles. The van der Waals surface area contributed by atoms with Crippen LogP contribution in [0.3, 0.4) is 0 Å². The van der Waals surface area contributed by atoms with Gasteiger partial charge >= 0.3 is 0 Å². The summed E-state index contributed by atoms with van der Waals surface area (Å²) in [5.74, 6) is 0.329. The number of hydrogen-bond acceptors (Lipinski definition) is 2. The van der Waals surface area contributed by atoms with Crippen molar-refractivity contribution in [2.24, 2.45) is 0 Å². The maximum atomic E-state index is 11.5. The number of likely N-dealkylation sites (tertiary alicyclic amines) is 1. The van der Waals surface area contributed by atoms with Crippen LogP contribution in [-0.2, 0) is 4.79 Å². The van der Waals surface area contributed by atoms with E-state index in [4.69, 9.17) is 0 Å². The maximum Gasteiger partial charge on any atom is 0.222 e. The van der Waals surface area contributed by atoms with Gasteiger partial charge < -0.3 is 10.2 Å². The van der Waals surface area contributed by atoms with Crippen molar-refractivity contribution in [1.82, 2.24) is 10.2 Å². The van der Waals surface area contributed by atoms with Gasteiger partial charge in [-0.3, -0.25) is 4.79 Å². The van der Waals surface area contributed by atoms with Gasteiger partial charge in [-0.1, -0.05) is 19.8 Å². The molecule has 1 fully saturated rings. The zero-order chi connectivity index (χ0) is 12.0. The van der Waals surface area contributed by atoms with Crippen molar-refractivity contribution in [3.63, 3.8) is 0 Å². The minimum Gasteiger partial charge on any atom is -0.341 e. The van der Waals surface area contributed by atoms with Crippen LogP contribution in [0.5, 0.6) is 0 Å². The standard InChI is InChI=1S/C13H26N2O/c1-4-5-7-11(2)14-12(3)10-15-9-6-8-13(15)16/h11-12,14H,4-10H2,1-3H3. The molecule has 0 aromatic carbocycles. The summed E-state index contributed by atoms with van der Waals surface area (Å²) in [5.41, 5.74) is 0. The third kappa shape index (κ3) is 4.52. The fourth-order valence-electron chi connectivity index (χ4n) is 2.36. The van der Waals surface area contributed by atoms with Gasteiger partial charge in [0.1, 0.15) is 0 Å². The topological polar surface area (TPSA) is 32.3 Å². The van der Waals surface area contributed by atoms with Crippen LogP contribution in [0.2, 0.25) is 0 Å². The van der Waals surface area contributed by atoms with Crippen molar-refractivity contribution in [3.8, 4) is 0 Å². The minimum absolute atomic E-state index is 0.329. The normalized spacial score (nSPS) is 20.2. The average molecular weight is 226 g/mol. The number of hydrogen-bond donors (Lipinski definition) is 1. The third-order valence-corrected chi connectivity index (χ3v) is 3.23. The molecule has 1 rings (SSSR count). The molecule has 1 aliphatic heterocycles. The van der Waals surface area contributed by atoms with Crippen molar-refractivity contribution >= 4 is 5.91 Å². The van der Waals surface area contributed by atoms with E-state index in [0.29, 0.717) is 18.0 Å². The highest BCUT2D eigenvalue weighted by atomic mass is 16.2. The second kappa shape index (κ2) is 6.89. The Labute approximate surface area is 99.6 Å². The molecule has 94 valence electrons. The van der Waals surface area contributed by atoms with Crippen molar-refractivity contribution in [3.05, 3.63) is 0 Å². The number of unbranched alkanes of at least 4 members (excludes halogenated alkanes) is 1. The minimum atomic E-state index is 0.329. The van der Waals surface area contributed by atoms with E-state index in [9.17, 15) is 4.79 Å². The van der Waals surface area contributed by atoms with Gasteiger partial charge in [0.25, 0.3) is 0 Å².